The van der Waals surface area contributed by atoms with Gasteiger partial charge in [-0.3, -0.25) is 10.1 Å². The fourth-order valence-electron chi connectivity index (χ4n) is 1.84. The quantitative estimate of drug-likeness (QED) is 0.638. The Morgan fingerprint density at radius 1 is 1.43 bits per heavy atom. The molecule has 8 nitrogen and oxygen atoms in total. The Labute approximate surface area is 119 Å². The molecular formula is C13H12N4O4. The summed E-state index contributed by atoms with van der Waals surface area (Å²) in [7, 11) is 0. The van der Waals surface area contributed by atoms with Crippen molar-refractivity contribution < 1.29 is 14.8 Å². The van der Waals surface area contributed by atoms with Gasteiger partial charge in [0.2, 0.25) is 0 Å². The minimum absolute atomic E-state index is 0.135. The molecule has 0 aliphatic rings. The first-order valence-corrected chi connectivity index (χ1v) is 6.02. The summed E-state index contributed by atoms with van der Waals surface area (Å²) in [4.78, 5) is 29.5. The Morgan fingerprint density at radius 2 is 2.19 bits per heavy atom. The fraction of sp³-hybridized carbons (Fsp3) is 0.154. The number of carbonyl (C=O) groups is 1. The largest absolute Gasteiger partial charge is 0.477 e. The highest BCUT2D eigenvalue weighted by molar-refractivity contribution is 5.95. The van der Waals surface area contributed by atoms with Gasteiger partial charge in [0, 0.05) is 6.20 Å². The Morgan fingerprint density at radius 3 is 2.81 bits per heavy atom. The molecule has 0 aliphatic heterocycles. The second-order valence-electron chi connectivity index (χ2n) is 4.21. The highest BCUT2D eigenvalue weighted by Crippen LogP contribution is 2.28. The second-order valence-corrected chi connectivity index (χ2v) is 4.21. The molecule has 1 heterocycles. The van der Waals surface area contributed by atoms with E-state index >= 15 is 0 Å². The highest BCUT2D eigenvalue weighted by Gasteiger charge is 2.23. The number of rotatable bonds is 5. The molecule has 0 spiro atoms. The minimum Gasteiger partial charge on any atom is -0.477 e. The Bertz CT molecular complexity index is 702. The van der Waals surface area contributed by atoms with E-state index in [2.05, 4.69) is 15.3 Å². The van der Waals surface area contributed by atoms with Crippen molar-refractivity contribution in [1.82, 2.24) is 9.97 Å². The summed E-state index contributed by atoms with van der Waals surface area (Å²) in [5.41, 5.74) is -0.0339. The molecule has 0 fully saturated rings. The van der Waals surface area contributed by atoms with Crippen LogP contribution in [-0.2, 0) is 6.54 Å². The van der Waals surface area contributed by atoms with E-state index in [0.29, 0.717) is 11.5 Å². The summed E-state index contributed by atoms with van der Waals surface area (Å²) < 4.78 is 0. The molecule has 2 rings (SSSR count). The third-order valence-electron chi connectivity index (χ3n) is 2.74. The van der Waals surface area contributed by atoms with Gasteiger partial charge in [0.25, 0.3) is 0 Å². The van der Waals surface area contributed by atoms with Gasteiger partial charge in [-0.05, 0) is 25.1 Å². The maximum atomic E-state index is 11.1. The van der Waals surface area contributed by atoms with Crippen molar-refractivity contribution in [2.75, 3.05) is 5.32 Å². The van der Waals surface area contributed by atoms with E-state index in [4.69, 9.17) is 5.11 Å². The van der Waals surface area contributed by atoms with Gasteiger partial charge in [0.1, 0.15) is 17.1 Å². The minimum atomic E-state index is -1.34. The van der Waals surface area contributed by atoms with Crippen LogP contribution < -0.4 is 5.32 Å². The number of nitro groups is 1. The molecule has 1 aromatic heterocycles. The highest BCUT2D eigenvalue weighted by atomic mass is 16.6. The van der Waals surface area contributed by atoms with Crippen molar-refractivity contribution in [2.45, 2.75) is 13.5 Å². The summed E-state index contributed by atoms with van der Waals surface area (Å²) >= 11 is 0. The summed E-state index contributed by atoms with van der Waals surface area (Å²) in [5.74, 6) is -0.758. The van der Waals surface area contributed by atoms with Crippen LogP contribution in [-0.4, -0.2) is 26.0 Å². The topological polar surface area (TPSA) is 118 Å². The van der Waals surface area contributed by atoms with Gasteiger partial charge in [-0.1, -0.05) is 6.07 Å². The Kier molecular flexibility index (Phi) is 4.07. The number of aryl methyl sites for hydroxylation is 1. The van der Waals surface area contributed by atoms with Crippen molar-refractivity contribution in [2.24, 2.45) is 0 Å². The van der Waals surface area contributed by atoms with Crippen LogP contribution in [0.5, 0.6) is 0 Å². The number of anilines is 1. The number of aromatic carboxylic acids is 1. The molecule has 2 N–H and O–H groups in total. The van der Waals surface area contributed by atoms with Gasteiger partial charge in [0.15, 0.2) is 0 Å². The van der Waals surface area contributed by atoms with Crippen molar-refractivity contribution >= 4 is 17.3 Å². The number of carboxylic acid groups (broad SMARTS) is 1. The zero-order chi connectivity index (χ0) is 15.4. The SMILES string of the molecule is Cc1nccc(CNc2cccc(C(=O)O)c2[N+](=O)[O-])n1. The number of carboxylic acids is 1. The standard InChI is InChI=1S/C13H12N4O4/c1-8-14-6-5-9(16-8)7-15-11-4-2-3-10(13(18)19)12(11)17(20)21/h2-6,15H,7H2,1H3,(H,18,19). The third kappa shape index (κ3) is 3.30. The maximum Gasteiger partial charge on any atom is 0.342 e. The van der Waals surface area contributed by atoms with Crippen molar-refractivity contribution in [3.8, 4) is 0 Å². The molecule has 0 aliphatic carbocycles. The maximum absolute atomic E-state index is 11.1. The first-order valence-electron chi connectivity index (χ1n) is 6.02. The average Bonchev–Trinajstić information content (AvgIpc) is 2.44. The zero-order valence-corrected chi connectivity index (χ0v) is 11.1. The van der Waals surface area contributed by atoms with Crippen molar-refractivity contribution in [3.05, 3.63) is 57.7 Å². The van der Waals surface area contributed by atoms with Crippen LogP contribution in [0.25, 0.3) is 0 Å². The van der Waals surface area contributed by atoms with Gasteiger partial charge < -0.3 is 10.4 Å². The number of hydrogen-bond acceptors (Lipinski definition) is 6. The summed E-state index contributed by atoms with van der Waals surface area (Å²) in [6, 6.07) is 5.77. The lowest BCUT2D eigenvalue weighted by Crippen LogP contribution is -2.09. The molecular weight excluding hydrogens is 276 g/mol. The third-order valence-corrected chi connectivity index (χ3v) is 2.74. The van der Waals surface area contributed by atoms with E-state index in [0.717, 1.165) is 0 Å². The Balaban J connectivity index is 2.30. The molecule has 0 radical (unpaired) electrons. The molecule has 108 valence electrons. The van der Waals surface area contributed by atoms with Gasteiger partial charge in [-0.2, -0.15) is 0 Å². The van der Waals surface area contributed by atoms with Crippen molar-refractivity contribution in [1.29, 1.82) is 0 Å². The summed E-state index contributed by atoms with van der Waals surface area (Å²) in [5, 5.41) is 22.9. The van der Waals surface area contributed by atoms with Crippen LogP contribution in [0.3, 0.4) is 0 Å². The molecule has 1 aromatic carbocycles. The normalized spacial score (nSPS) is 10.1. The molecule has 0 amide bonds. The Hall–Kier alpha value is -3.03. The lowest BCUT2D eigenvalue weighted by Gasteiger charge is -2.08. The van der Waals surface area contributed by atoms with Crippen LogP contribution in [0.1, 0.15) is 21.9 Å². The first-order chi connectivity index (χ1) is 9.99. The number of para-hydroxylation sites is 1. The molecule has 0 bridgehead atoms. The summed E-state index contributed by atoms with van der Waals surface area (Å²) in [6.07, 6.45) is 1.58. The van der Waals surface area contributed by atoms with E-state index in [-0.39, 0.29) is 17.8 Å². The molecule has 21 heavy (non-hydrogen) atoms. The number of hydrogen-bond donors (Lipinski definition) is 2. The van der Waals surface area contributed by atoms with Gasteiger partial charge in [0.05, 0.1) is 17.2 Å². The number of benzene rings is 1. The van der Waals surface area contributed by atoms with Gasteiger partial charge in [-0.25, -0.2) is 14.8 Å². The molecule has 0 saturated carbocycles. The monoisotopic (exact) mass is 288 g/mol. The lowest BCUT2D eigenvalue weighted by atomic mass is 10.1. The smallest absolute Gasteiger partial charge is 0.342 e. The molecule has 0 unspecified atom stereocenters. The lowest BCUT2D eigenvalue weighted by molar-refractivity contribution is -0.384. The van der Waals surface area contributed by atoms with Crippen LogP contribution in [0.15, 0.2) is 30.5 Å². The van der Waals surface area contributed by atoms with E-state index in [1.54, 1.807) is 19.2 Å². The van der Waals surface area contributed by atoms with Crippen molar-refractivity contribution in [3.63, 3.8) is 0 Å². The first kappa shape index (κ1) is 14.4. The number of nitrogens with one attached hydrogen (secondary N) is 1. The predicted molar refractivity (Wildman–Crippen MR) is 74.2 cm³/mol. The molecule has 0 atom stereocenters. The molecule has 2 aromatic rings. The second kappa shape index (κ2) is 5.95. The van der Waals surface area contributed by atoms with Crippen LogP contribution >= 0.6 is 0 Å². The van der Waals surface area contributed by atoms with Gasteiger partial charge >= 0.3 is 11.7 Å². The van der Waals surface area contributed by atoms with E-state index in [1.807, 2.05) is 0 Å². The average molecular weight is 288 g/mol. The molecule has 0 saturated heterocycles. The zero-order valence-electron chi connectivity index (χ0n) is 11.1. The van der Waals surface area contributed by atoms with E-state index < -0.39 is 16.6 Å². The van der Waals surface area contributed by atoms with Crippen LogP contribution in [0, 0.1) is 17.0 Å². The number of nitrogens with zero attached hydrogens (tertiary/aromatic N) is 3. The van der Waals surface area contributed by atoms with Gasteiger partial charge in [-0.15, -0.1) is 0 Å². The predicted octanol–water partition coefficient (Wildman–Crippen LogP) is 2.00. The molecule has 8 heteroatoms. The summed E-state index contributed by atoms with van der Waals surface area (Å²) in [6.45, 7) is 1.96. The number of aromatic nitrogens is 2. The number of nitro benzene ring substituents is 1. The van der Waals surface area contributed by atoms with Crippen LogP contribution in [0.2, 0.25) is 0 Å². The van der Waals surface area contributed by atoms with Crippen LogP contribution in [0.4, 0.5) is 11.4 Å². The fourth-order valence-corrected chi connectivity index (χ4v) is 1.84. The van der Waals surface area contributed by atoms with E-state index in [1.165, 1.54) is 18.2 Å². The van der Waals surface area contributed by atoms with E-state index in [9.17, 15) is 14.9 Å².